The Labute approximate surface area is 110 Å². The second-order valence-electron chi connectivity index (χ2n) is 4.07. The van der Waals surface area contributed by atoms with E-state index in [1.807, 2.05) is 25.1 Å². The molecule has 0 fully saturated rings. The monoisotopic (exact) mass is 305 g/mol. The van der Waals surface area contributed by atoms with Crippen molar-refractivity contribution in [3.05, 3.63) is 33.3 Å². The highest BCUT2D eigenvalue weighted by atomic mass is 79.9. The van der Waals surface area contributed by atoms with Crippen LogP contribution in [0.1, 0.15) is 19.4 Å². The predicted molar refractivity (Wildman–Crippen MR) is 71.7 cm³/mol. The van der Waals surface area contributed by atoms with E-state index >= 15 is 0 Å². The zero-order valence-corrected chi connectivity index (χ0v) is 11.8. The first-order valence-electron chi connectivity index (χ1n) is 5.32. The Morgan fingerprint density at radius 3 is 2.69 bits per heavy atom. The molecule has 16 heavy (non-hydrogen) atoms. The van der Waals surface area contributed by atoms with Gasteiger partial charge in [-0.15, -0.1) is 0 Å². The minimum atomic E-state index is 0.204. The molecule has 2 unspecified atom stereocenters. The van der Waals surface area contributed by atoms with E-state index in [9.17, 15) is 0 Å². The molecule has 1 aromatic rings. The van der Waals surface area contributed by atoms with Crippen LogP contribution in [0.2, 0.25) is 5.02 Å². The van der Waals surface area contributed by atoms with Gasteiger partial charge in [0.05, 0.1) is 0 Å². The highest BCUT2D eigenvalue weighted by Gasteiger charge is 2.10. The Kier molecular flexibility index (Phi) is 5.76. The van der Waals surface area contributed by atoms with Gasteiger partial charge in [-0.2, -0.15) is 0 Å². The van der Waals surface area contributed by atoms with Crippen molar-refractivity contribution < 1.29 is 5.11 Å². The van der Waals surface area contributed by atoms with Crippen molar-refractivity contribution in [3.8, 4) is 0 Å². The molecule has 0 aliphatic heterocycles. The number of halogens is 2. The van der Waals surface area contributed by atoms with Gasteiger partial charge in [0.2, 0.25) is 0 Å². The van der Waals surface area contributed by atoms with Crippen LogP contribution >= 0.6 is 27.5 Å². The molecule has 2 nitrogen and oxygen atoms in total. The first-order valence-corrected chi connectivity index (χ1v) is 6.50. The average molecular weight is 307 g/mol. The van der Waals surface area contributed by atoms with E-state index in [-0.39, 0.29) is 18.6 Å². The lowest BCUT2D eigenvalue weighted by atomic mass is 10.0. The molecule has 0 aliphatic rings. The second-order valence-corrected chi connectivity index (χ2v) is 5.36. The summed E-state index contributed by atoms with van der Waals surface area (Å²) in [5.41, 5.74) is 1.17. The highest BCUT2D eigenvalue weighted by Crippen LogP contribution is 2.21. The van der Waals surface area contributed by atoms with Gasteiger partial charge in [-0.1, -0.05) is 40.5 Å². The van der Waals surface area contributed by atoms with Gasteiger partial charge in [0.1, 0.15) is 0 Å². The molecule has 90 valence electrons. The van der Waals surface area contributed by atoms with Gasteiger partial charge in [0.25, 0.3) is 0 Å². The molecule has 0 amide bonds. The summed E-state index contributed by atoms with van der Waals surface area (Å²) < 4.78 is 1.01. The molecule has 1 rings (SSSR count). The van der Waals surface area contributed by atoms with Crippen molar-refractivity contribution in [2.45, 2.75) is 26.4 Å². The lowest BCUT2D eigenvalue weighted by Crippen LogP contribution is -2.33. The number of nitrogens with one attached hydrogen (secondary N) is 1. The Hall–Kier alpha value is -0.0900. The molecule has 0 saturated heterocycles. The number of aliphatic hydroxyl groups excluding tert-OH is 1. The summed E-state index contributed by atoms with van der Waals surface area (Å²) in [5, 5.41) is 13.1. The maximum absolute atomic E-state index is 9.03. The summed E-state index contributed by atoms with van der Waals surface area (Å²) in [6.45, 7) is 5.07. The van der Waals surface area contributed by atoms with E-state index in [1.165, 1.54) is 5.56 Å². The van der Waals surface area contributed by atoms with Gasteiger partial charge in [0.15, 0.2) is 0 Å². The maximum atomic E-state index is 9.03. The molecule has 0 spiro atoms. The van der Waals surface area contributed by atoms with Crippen molar-refractivity contribution in [1.82, 2.24) is 5.32 Å². The van der Waals surface area contributed by atoms with Crippen LogP contribution in [0, 0.1) is 5.92 Å². The molecule has 0 bridgehead atoms. The van der Waals surface area contributed by atoms with Gasteiger partial charge < -0.3 is 10.4 Å². The first kappa shape index (κ1) is 14.0. The van der Waals surface area contributed by atoms with Gasteiger partial charge >= 0.3 is 0 Å². The van der Waals surface area contributed by atoms with Crippen LogP contribution < -0.4 is 5.32 Å². The van der Waals surface area contributed by atoms with Crippen LogP contribution in [0.5, 0.6) is 0 Å². The molecular formula is C12H17BrClNO. The third kappa shape index (κ3) is 4.06. The first-order chi connectivity index (χ1) is 7.54. The minimum Gasteiger partial charge on any atom is -0.396 e. The Balaban J connectivity index is 2.54. The van der Waals surface area contributed by atoms with Gasteiger partial charge in [-0.25, -0.2) is 0 Å². The third-order valence-corrected chi connectivity index (χ3v) is 3.74. The lowest BCUT2D eigenvalue weighted by Gasteiger charge is -2.19. The fraction of sp³-hybridized carbons (Fsp3) is 0.500. The molecule has 0 aromatic heterocycles. The number of hydrogen-bond donors (Lipinski definition) is 2. The number of rotatable bonds is 5. The summed E-state index contributed by atoms with van der Waals surface area (Å²) >= 11 is 9.35. The summed E-state index contributed by atoms with van der Waals surface area (Å²) in [6, 6.07) is 6.05. The predicted octanol–water partition coefficient (Wildman–Crippen LogP) is 3.21. The van der Waals surface area contributed by atoms with E-state index < -0.39 is 0 Å². The number of benzene rings is 1. The zero-order valence-electron chi connectivity index (χ0n) is 9.50. The van der Waals surface area contributed by atoms with Crippen LogP contribution in [0.3, 0.4) is 0 Å². The van der Waals surface area contributed by atoms with Crippen molar-refractivity contribution >= 4 is 27.5 Å². The van der Waals surface area contributed by atoms with Crippen LogP contribution in [0.25, 0.3) is 0 Å². The van der Waals surface area contributed by atoms with Gasteiger partial charge in [0, 0.05) is 28.7 Å². The maximum Gasteiger partial charge on any atom is 0.0471 e. The summed E-state index contributed by atoms with van der Waals surface area (Å²) in [6.07, 6.45) is 0. The highest BCUT2D eigenvalue weighted by molar-refractivity contribution is 9.10. The van der Waals surface area contributed by atoms with Crippen LogP contribution in [-0.4, -0.2) is 17.8 Å². The Morgan fingerprint density at radius 1 is 1.44 bits per heavy atom. The van der Waals surface area contributed by atoms with Crippen molar-refractivity contribution in [1.29, 1.82) is 0 Å². The molecule has 0 heterocycles. The van der Waals surface area contributed by atoms with Crippen molar-refractivity contribution in [2.24, 2.45) is 5.92 Å². The molecule has 1 aromatic carbocycles. The summed E-state index contributed by atoms with van der Waals surface area (Å²) in [5.74, 6) is 0.256. The largest absolute Gasteiger partial charge is 0.396 e. The summed E-state index contributed by atoms with van der Waals surface area (Å²) in [4.78, 5) is 0. The molecule has 0 aliphatic carbocycles. The quantitative estimate of drug-likeness (QED) is 0.875. The van der Waals surface area contributed by atoms with E-state index in [1.54, 1.807) is 0 Å². The van der Waals surface area contributed by atoms with E-state index in [0.29, 0.717) is 0 Å². The fourth-order valence-electron chi connectivity index (χ4n) is 1.30. The van der Waals surface area contributed by atoms with E-state index in [2.05, 4.69) is 28.2 Å². The molecule has 2 atom stereocenters. The molecule has 0 radical (unpaired) electrons. The van der Waals surface area contributed by atoms with E-state index in [0.717, 1.165) is 16.0 Å². The zero-order chi connectivity index (χ0) is 12.1. The molecule has 4 heteroatoms. The average Bonchev–Trinajstić information content (AvgIpc) is 2.26. The smallest absolute Gasteiger partial charge is 0.0471 e. The molecule has 0 saturated carbocycles. The normalized spacial score (nSPS) is 14.8. The fourth-order valence-corrected chi connectivity index (χ4v) is 2.12. The standard InChI is InChI=1S/C12H17BrClNO/c1-8(7-16)9(2)15-6-10-3-4-11(14)5-12(10)13/h3-5,8-9,15-16H,6-7H2,1-2H3. The molecule has 2 N–H and O–H groups in total. The van der Waals surface area contributed by atoms with Gasteiger partial charge in [-0.05, 0) is 30.5 Å². The van der Waals surface area contributed by atoms with Crippen molar-refractivity contribution in [3.63, 3.8) is 0 Å². The summed E-state index contributed by atoms with van der Waals surface area (Å²) in [7, 11) is 0. The topological polar surface area (TPSA) is 32.3 Å². The van der Waals surface area contributed by atoms with Crippen LogP contribution in [0.4, 0.5) is 0 Å². The van der Waals surface area contributed by atoms with Gasteiger partial charge in [-0.3, -0.25) is 0 Å². The third-order valence-electron chi connectivity index (χ3n) is 2.77. The van der Waals surface area contributed by atoms with Crippen molar-refractivity contribution in [2.75, 3.05) is 6.61 Å². The van der Waals surface area contributed by atoms with Crippen LogP contribution in [-0.2, 0) is 6.54 Å². The molecular weight excluding hydrogens is 289 g/mol. The minimum absolute atomic E-state index is 0.204. The number of hydrogen-bond acceptors (Lipinski definition) is 2. The Morgan fingerprint density at radius 2 is 2.12 bits per heavy atom. The Bertz CT molecular complexity index is 346. The van der Waals surface area contributed by atoms with Crippen LogP contribution in [0.15, 0.2) is 22.7 Å². The SMILES string of the molecule is CC(CO)C(C)NCc1ccc(Cl)cc1Br. The van der Waals surface area contributed by atoms with E-state index in [4.69, 9.17) is 16.7 Å². The number of aliphatic hydroxyl groups is 1. The lowest BCUT2D eigenvalue weighted by molar-refractivity contribution is 0.207. The second kappa shape index (κ2) is 6.60.